The summed E-state index contributed by atoms with van der Waals surface area (Å²) in [7, 11) is 1.35. The summed E-state index contributed by atoms with van der Waals surface area (Å²) in [6.45, 7) is 9.60. The molecule has 172 valence electrons. The highest BCUT2D eigenvalue weighted by atomic mass is 16.5. The zero-order valence-electron chi connectivity index (χ0n) is 19.2. The van der Waals surface area contributed by atoms with E-state index in [0.29, 0.717) is 23.4 Å². The van der Waals surface area contributed by atoms with Crippen molar-refractivity contribution in [1.29, 1.82) is 0 Å². The van der Waals surface area contributed by atoms with Crippen LogP contribution in [0, 0.1) is 0 Å². The summed E-state index contributed by atoms with van der Waals surface area (Å²) < 4.78 is 10.5. The molecule has 1 heterocycles. The SMILES string of the molecule is CCCCOc1ccc(C(=O)Nc2cc(C(=O)OC)ccc2N2CCN(CC)CC2)cc1. The standard InChI is InChI=1S/C25H33N3O4/c1-4-6-17-32-21-10-7-19(8-11-21)24(29)26-22-18-20(25(30)31-3)9-12-23(22)28-15-13-27(5-2)14-16-28/h7-12,18H,4-6,13-17H2,1-3H3,(H,26,29). The average molecular weight is 440 g/mol. The van der Waals surface area contributed by atoms with E-state index in [1.165, 1.54) is 7.11 Å². The van der Waals surface area contributed by atoms with E-state index >= 15 is 0 Å². The molecule has 7 heteroatoms. The Labute approximate surface area is 190 Å². The van der Waals surface area contributed by atoms with Gasteiger partial charge in [-0.3, -0.25) is 4.79 Å². The van der Waals surface area contributed by atoms with Gasteiger partial charge in [0.05, 0.1) is 30.7 Å². The summed E-state index contributed by atoms with van der Waals surface area (Å²) in [5.41, 5.74) is 2.43. The number of carbonyl (C=O) groups is 2. The molecule has 1 aliphatic rings. The van der Waals surface area contributed by atoms with E-state index in [1.54, 1.807) is 36.4 Å². The molecule has 2 aromatic rings. The monoisotopic (exact) mass is 439 g/mol. The Balaban J connectivity index is 1.78. The van der Waals surface area contributed by atoms with E-state index in [9.17, 15) is 9.59 Å². The Bertz CT molecular complexity index is 906. The fourth-order valence-electron chi connectivity index (χ4n) is 3.69. The number of hydrogen-bond acceptors (Lipinski definition) is 6. The van der Waals surface area contributed by atoms with E-state index in [-0.39, 0.29) is 5.91 Å². The number of carbonyl (C=O) groups excluding carboxylic acids is 2. The summed E-state index contributed by atoms with van der Waals surface area (Å²) in [5.74, 6) is 0.0779. The number of nitrogens with zero attached hydrogens (tertiary/aromatic N) is 2. The van der Waals surface area contributed by atoms with Crippen molar-refractivity contribution in [3.8, 4) is 5.75 Å². The van der Waals surface area contributed by atoms with Crippen LogP contribution in [0.15, 0.2) is 42.5 Å². The molecule has 32 heavy (non-hydrogen) atoms. The van der Waals surface area contributed by atoms with Crippen LogP contribution >= 0.6 is 0 Å². The maximum Gasteiger partial charge on any atom is 0.337 e. The highest BCUT2D eigenvalue weighted by Gasteiger charge is 2.21. The van der Waals surface area contributed by atoms with Gasteiger partial charge in [0.25, 0.3) is 5.91 Å². The van der Waals surface area contributed by atoms with Gasteiger partial charge < -0.3 is 24.6 Å². The second-order valence-corrected chi connectivity index (χ2v) is 7.83. The quantitative estimate of drug-likeness (QED) is 0.470. The number of rotatable bonds is 9. The van der Waals surface area contributed by atoms with E-state index < -0.39 is 5.97 Å². The van der Waals surface area contributed by atoms with Gasteiger partial charge in [-0.1, -0.05) is 20.3 Å². The Kier molecular flexibility index (Phi) is 8.50. The molecule has 0 bridgehead atoms. The minimum Gasteiger partial charge on any atom is -0.494 e. The van der Waals surface area contributed by atoms with Crippen molar-refractivity contribution in [1.82, 2.24) is 4.90 Å². The first kappa shape index (κ1) is 23.6. The zero-order chi connectivity index (χ0) is 22.9. The van der Waals surface area contributed by atoms with Crippen LogP contribution < -0.4 is 15.0 Å². The number of hydrogen-bond donors (Lipinski definition) is 1. The molecule has 2 aromatic carbocycles. The summed E-state index contributed by atoms with van der Waals surface area (Å²) in [6.07, 6.45) is 2.06. The molecule has 3 rings (SSSR count). The van der Waals surface area contributed by atoms with Crippen LogP contribution in [0.5, 0.6) is 5.75 Å². The van der Waals surface area contributed by atoms with E-state index in [0.717, 1.165) is 57.0 Å². The van der Waals surface area contributed by atoms with Crippen molar-refractivity contribution in [3.63, 3.8) is 0 Å². The number of amides is 1. The molecule has 0 spiro atoms. The lowest BCUT2D eigenvalue weighted by Gasteiger charge is -2.36. The van der Waals surface area contributed by atoms with Crippen LogP contribution in [0.1, 0.15) is 47.4 Å². The molecule has 0 unspecified atom stereocenters. The van der Waals surface area contributed by atoms with Gasteiger partial charge in [-0.05, 0) is 55.4 Å². The third kappa shape index (κ3) is 6.01. The highest BCUT2D eigenvalue weighted by Crippen LogP contribution is 2.29. The van der Waals surface area contributed by atoms with Crippen LogP contribution in [-0.2, 0) is 4.74 Å². The predicted octanol–water partition coefficient (Wildman–Crippen LogP) is 4.05. The average Bonchev–Trinajstić information content (AvgIpc) is 2.84. The highest BCUT2D eigenvalue weighted by molar-refractivity contribution is 6.07. The first-order valence-electron chi connectivity index (χ1n) is 11.3. The maximum atomic E-state index is 13.0. The van der Waals surface area contributed by atoms with E-state index in [2.05, 4.69) is 29.0 Å². The second kappa shape index (κ2) is 11.5. The number of methoxy groups -OCH3 is 1. The fraction of sp³-hybridized carbons (Fsp3) is 0.440. The van der Waals surface area contributed by atoms with Crippen molar-refractivity contribution < 1.29 is 19.1 Å². The van der Waals surface area contributed by atoms with E-state index in [4.69, 9.17) is 9.47 Å². The molecule has 0 atom stereocenters. The second-order valence-electron chi connectivity index (χ2n) is 7.83. The summed E-state index contributed by atoms with van der Waals surface area (Å²) in [5, 5.41) is 3.00. The Morgan fingerprint density at radius 3 is 2.28 bits per heavy atom. The van der Waals surface area contributed by atoms with Gasteiger partial charge in [0, 0.05) is 31.7 Å². The minimum absolute atomic E-state index is 0.236. The summed E-state index contributed by atoms with van der Waals surface area (Å²) in [4.78, 5) is 29.7. The lowest BCUT2D eigenvalue weighted by Crippen LogP contribution is -2.46. The summed E-state index contributed by atoms with van der Waals surface area (Å²) >= 11 is 0. The largest absolute Gasteiger partial charge is 0.494 e. The molecule has 1 amide bonds. The molecule has 0 saturated carbocycles. The van der Waals surface area contributed by atoms with E-state index in [1.807, 2.05) is 6.07 Å². The zero-order valence-corrected chi connectivity index (χ0v) is 19.2. The number of benzene rings is 2. The van der Waals surface area contributed by atoms with Crippen molar-refractivity contribution in [3.05, 3.63) is 53.6 Å². The topological polar surface area (TPSA) is 71.1 Å². The Hall–Kier alpha value is -3.06. The van der Waals surface area contributed by atoms with Crippen LogP contribution in [0.2, 0.25) is 0 Å². The Morgan fingerprint density at radius 1 is 0.969 bits per heavy atom. The normalized spacial score (nSPS) is 14.2. The summed E-state index contributed by atoms with van der Waals surface area (Å²) in [6, 6.07) is 12.4. The van der Waals surface area contributed by atoms with Crippen molar-refractivity contribution in [2.45, 2.75) is 26.7 Å². The first-order valence-corrected chi connectivity index (χ1v) is 11.3. The van der Waals surface area contributed by atoms with Gasteiger partial charge >= 0.3 is 5.97 Å². The molecule has 1 N–H and O–H groups in total. The molecule has 7 nitrogen and oxygen atoms in total. The number of unbranched alkanes of at least 4 members (excludes halogenated alkanes) is 1. The predicted molar refractivity (Wildman–Crippen MR) is 127 cm³/mol. The fourth-order valence-corrected chi connectivity index (χ4v) is 3.69. The maximum absolute atomic E-state index is 13.0. The molecule has 1 fully saturated rings. The first-order chi connectivity index (χ1) is 15.5. The van der Waals surface area contributed by atoms with Gasteiger partial charge in [-0.25, -0.2) is 4.79 Å². The smallest absolute Gasteiger partial charge is 0.337 e. The third-order valence-electron chi connectivity index (χ3n) is 5.71. The lowest BCUT2D eigenvalue weighted by molar-refractivity contribution is 0.0600. The van der Waals surface area contributed by atoms with Crippen LogP contribution in [0.3, 0.4) is 0 Å². The minimum atomic E-state index is -0.434. The van der Waals surface area contributed by atoms with Crippen molar-refractivity contribution in [2.75, 3.05) is 56.7 Å². The molecular weight excluding hydrogens is 406 g/mol. The van der Waals surface area contributed by atoms with Gasteiger partial charge in [0.15, 0.2) is 0 Å². The molecule has 0 aromatic heterocycles. The third-order valence-corrected chi connectivity index (χ3v) is 5.71. The van der Waals surface area contributed by atoms with Crippen molar-refractivity contribution >= 4 is 23.3 Å². The van der Waals surface area contributed by atoms with Crippen molar-refractivity contribution in [2.24, 2.45) is 0 Å². The Morgan fingerprint density at radius 2 is 1.66 bits per heavy atom. The van der Waals surface area contributed by atoms with Crippen LogP contribution in [0.25, 0.3) is 0 Å². The van der Waals surface area contributed by atoms with Gasteiger partial charge in [0.2, 0.25) is 0 Å². The van der Waals surface area contributed by atoms with Crippen LogP contribution in [0.4, 0.5) is 11.4 Å². The number of ether oxygens (including phenoxy) is 2. The number of piperazine rings is 1. The molecule has 1 saturated heterocycles. The van der Waals surface area contributed by atoms with Gasteiger partial charge in [-0.15, -0.1) is 0 Å². The molecule has 1 aliphatic heterocycles. The van der Waals surface area contributed by atoms with Gasteiger partial charge in [-0.2, -0.15) is 0 Å². The number of anilines is 2. The number of nitrogens with one attached hydrogen (secondary N) is 1. The molecular formula is C25H33N3O4. The van der Waals surface area contributed by atoms with Gasteiger partial charge in [0.1, 0.15) is 5.75 Å². The number of likely N-dealkylation sites (N-methyl/N-ethyl adjacent to an activating group) is 1. The number of esters is 1. The lowest BCUT2D eigenvalue weighted by atomic mass is 10.1. The van der Waals surface area contributed by atoms with Crippen LogP contribution in [-0.4, -0.2) is 63.2 Å². The molecule has 0 aliphatic carbocycles. The molecule has 0 radical (unpaired) electrons.